The number of hydrogen-bond acceptors (Lipinski definition) is 0. The summed E-state index contributed by atoms with van der Waals surface area (Å²) < 4.78 is 42.3. The van der Waals surface area contributed by atoms with Crippen molar-refractivity contribution in [3.63, 3.8) is 0 Å². The van der Waals surface area contributed by atoms with Crippen LogP contribution < -0.4 is 0 Å². The Morgan fingerprint density at radius 2 is 1.94 bits per heavy atom. The Kier molecular flexibility index (Phi) is 3.39. The second-order valence-corrected chi connectivity index (χ2v) is 10.1. The van der Waals surface area contributed by atoms with Crippen molar-refractivity contribution in [2.24, 2.45) is 0 Å². The fourth-order valence-electron chi connectivity index (χ4n) is 2.05. The average molecular weight is 304 g/mol. The van der Waals surface area contributed by atoms with Crippen LogP contribution in [0.1, 0.15) is 12.8 Å². The summed E-state index contributed by atoms with van der Waals surface area (Å²) in [5, 5.41) is 0. The minimum atomic E-state index is -4.17. The maximum absolute atomic E-state index is 12.7. The molecule has 0 radical (unpaired) electrons. The Morgan fingerprint density at radius 1 is 1.19 bits per heavy atom. The van der Waals surface area contributed by atoms with Gasteiger partial charge in [0, 0.05) is 0 Å². The zero-order valence-electron chi connectivity index (χ0n) is 8.93. The van der Waals surface area contributed by atoms with E-state index in [2.05, 4.69) is 4.63 Å². The molecule has 0 heterocycles. The van der Waals surface area contributed by atoms with Crippen LogP contribution in [0.25, 0.3) is 0 Å². The normalized spacial score (nSPS) is 19.6. The molecule has 0 saturated carbocycles. The third-order valence-corrected chi connectivity index (χ3v) is 9.61. The molecule has 2 rings (SSSR count). The molecule has 0 bridgehead atoms. The summed E-state index contributed by atoms with van der Waals surface area (Å²) in [4.78, 5) is 0. The van der Waals surface area contributed by atoms with Gasteiger partial charge in [-0.15, -0.1) is 0 Å². The van der Waals surface area contributed by atoms with Crippen molar-refractivity contribution in [2.75, 3.05) is 0 Å². The van der Waals surface area contributed by atoms with Gasteiger partial charge >= 0.3 is 101 Å². The molecule has 85 valence electrons. The van der Waals surface area contributed by atoms with Gasteiger partial charge in [0.15, 0.2) is 0 Å². The first-order chi connectivity index (χ1) is 7.50. The molecular weight excluding hydrogens is 292 g/mol. The number of alkyl halides is 3. The molecule has 0 aromatic rings. The average Bonchev–Trinajstić information content (AvgIpc) is 2.87. The van der Waals surface area contributed by atoms with Crippen LogP contribution in [0.5, 0.6) is 0 Å². The van der Waals surface area contributed by atoms with E-state index in [4.69, 9.17) is 0 Å². The maximum atomic E-state index is 12.7. The first-order valence-electron chi connectivity index (χ1n) is 5.17. The van der Waals surface area contributed by atoms with Gasteiger partial charge in [-0.1, -0.05) is 0 Å². The van der Waals surface area contributed by atoms with Crippen LogP contribution in [0.2, 0.25) is 4.63 Å². The standard InChI is InChI=1S/C6H4F3.C5H5.CH3.Zr/c7-6(8,9)5-3-1-2-4-5;1-2-4-5-3-1;;/h1,3H,2H2;1-3H,4H2;1H3;. The molecule has 0 nitrogen and oxygen atoms in total. The molecular formula is C12H12F3Zr. The number of allylic oxidation sites excluding steroid dienone is 8. The predicted octanol–water partition coefficient (Wildman–Crippen LogP) is 4.27. The predicted molar refractivity (Wildman–Crippen MR) is 54.5 cm³/mol. The van der Waals surface area contributed by atoms with Gasteiger partial charge in [-0.3, -0.25) is 0 Å². The summed E-state index contributed by atoms with van der Waals surface area (Å²) in [7, 11) is 0. The number of halogens is 3. The Labute approximate surface area is 101 Å². The number of hydrogen-bond donors (Lipinski definition) is 0. The van der Waals surface area contributed by atoms with Crippen LogP contribution in [-0.4, -0.2) is 6.18 Å². The van der Waals surface area contributed by atoms with Gasteiger partial charge in [0.25, 0.3) is 0 Å². The quantitative estimate of drug-likeness (QED) is 0.714. The molecule has 0 unspecified atom stereocenters. The molecule has 0 aliphatic heterocycles. The molecule has 2 aliphatic rings. The van der Waals surface area contributed by atoms with E-state index in [0.29, 0.717) is 9.70 Å². The van der Waals surface area contributed by atoms with Crippen LogP contribution in [0.4, 0.5) is 13.2 Å². The van der Waals surface area contributed by atoms with E-state index in [9.17, 15) is 13.2 Å². The van der Waals surface area contributed by atoms with Crippen molar-refractivity contribution in [3.8, 4) is 0 Å². The Balaban J connectivity index is 2.27. The summed E-state index contributed by atoms with van der Waals surface area (Å²) in [6, 6.07) is 0. The molecule has 0 saturated heterocycles. The summed E-state index contributed by atoms with van der Waals surface area (Å²) >= 11 is -2.18. The summed E-state index contributed by atoms with van der Waals surface area (Å²) in [5.41, 5.74) is -0.364. The Bertz CT molecular complexity index is 410. The van der Waals surface area contributed by atoms with Crippen LogP contribution in [0.15, 0.2) is 42.5 Å². The third-order valence-electron chi connectivity index (χ3n) is 2.94. The zero-order chi connectivity index (χ0) is 11.8. The molecule has 0 aromatic carbocycles. The summed E-state index contributed by atoms with van der Waals surface area (Å²) in [6.45, 7) is 0. The topological polar surface area (TPSA) is 0 Å². The van der Waals surface area contributed by atoms with Gasteiger partial charge in [-0.05, 0) is 0 Å². The van der Waals surface area contributed by atoms with E-state index < -0.39 is 27.9 Å². The first kappa shape index (κ1) is 12.1. The molecule has 0 spiro atoms. The molecule has 4 heteroatoms. The zero-order valence-corrected chi connectivity index (χ0v) is 11.4. The summed E-state index contributed by atoms with van der Waals surface area (Å²) in [6.07, 6.45) is 6.08. The first-order valence-corrected chi connectivity index (χ1v) is 10.1. The van der Waals surface area contributed by atoms with Crippen molar-refractivity contribution in [3.05, 3.63) is 42.5 Å². The van der Waals surface area contributed by atoms with E-state index in [0.717, 1.165) is 6.42 Å². The molecule has 2 aliphatic carbocycles. The van der Waals surface area contributed by atoms with Crippen LogP contribution >= 0.6 is 0 Å². The molecule has 0 fully saturated rings. The van der Waals surface area contributed by atoms with Crippen LogP contribution in [0, 0.1) is 0 Å². The Morgan fingerprint density at radius 3 is 2.50 bits per heavy atom. The van der Waals surface area contributed by atoms with E-state index in [1.807, 2.05) is 18.2 Å². The van der Waals surface area contributed by atoms with E-state index >= 15 is 0 Å². The van der Waals surface area contributed by atoms with Crippen LogP contribution in [-0.2, 0) is 21.8 Å². The van der Waals surface area contributed by atoms with Gasteiger partial charge in [0.2, 0.25) is 0 Å². The molecule has 0 amide bonds. The fourth-order valence-corrected chi connectivity index (χ4v) is 7.48. The summed E-state index contributed by atoms with van der Waals surface area (Å²) in [5.74, 6) is 0. The van der Waals surface area contributed by atoms with E-state index in [-0.39, 0.29) is 5.57 Å². The van der Waals surface area contributed by atoms with Gasteiger partial charge in [0.1, 0.15) is 0 Å². The Hall–Kier alpha value is -0.367. The number of rotatable bonds is 2. The molecule has 0 N–H and O–H groups in total. The van der Waals surface area contributed by atoms with Gasteiger partial charge in [-0.2, -0.15) is 0 Å². The SMILES string of the molecule is [CH3][Zr]([C]1=CC=CC1)[C]1=C(C(F)(F)F)C=CC1. The third kappa shape index (κ3) is 2.32. The van der Waals surface area contributed by atoms with Crippen molar-refractivity contribution >= 4 is 0 Å². The van der Waals surface area contributed by atoms with E-state index in [1.54, 1.807) is 6.08 Å². The molecule has 0 aromatic heterocycles. The van der Waals surface area contributed by atoms with E-state index in [1.165, 1.54) is 9.36 Å². The van der Waals surface area contributed by atoms with Gasteiger partial charge < -0.3 is 0 Å². The van der Waals surface area contributed by atoms with Gasteiger partial charge in [0.05, 0.1) is 0 Å². The van der Waals surface area contributed by atoms with Crippen molar-refractivity contribution in [1.82, 2.24) is 0 Å². The fraction of sp³-hybridized carbons (Fsp3) is 0.333. The van der Waals surface area contributed by atoms with Crippen molar-refractivity contribution in [1.29, 1.82) is 0 Å². The van der Waals surface area contributed by atoms with Gasteiger partial charge in [-0.25, -0.2) is 0 Å². The van der Waals surface area contributed by atoms with Crippen molar-refractivity contribution < 1.29 is 34.9 Å². The second-order valence-electron chi connectivity index (χ2n) is 3.95. The molecule has 0 atom stereocenters. The van der Waals surface area contributed by atoms with Crippen LogP contribution in [0.3, 0.4) is 0 Å². The second kappa shape index (κ2) is 4.48. The minimum absolute atomic E-state index is 0.364. The monoisotopic (exact) mass is 303 g/mol. The van der Waals surface area contributed by atoms with Crippen molar-refractivity contribution in [2.45, 2.75) is 23.6 Å². The molecule has 16 heavy (non-hydrogen) atoms.